The highest BCUT2D eigenvalue weighted by molar-refractivity contribution is 5.91. The number of alkyl halides is 4. The quantitative estimate of drug-likeness (QED) is 0.848. The minimum absolute atomic E-state index is 0.471. The van der Waals surface area contributed by atoms with Crippen LogP contribution in [0.5, 0.6) is 11.6 Å². The Kier molecular flexibility index (Phi) is 3.94. The van der Waals surface area contributed by atoms with E-state index in [4.69, 9.17) is 5.11 Å². The van der Waals surface area contributed by atoms with Gasteiger partial charge in [0.15, 0.2) is 5.75 Å². The molecule has 1 aromatic rings. The summed E-state index contributed by atoms with van der Waals surface area (Å²) in [5.74, 6) is -3.36. The second-order valence-electron chi connectivity index (χ2n) is 2.98. The number of aromatic carboxylic acids is 1. The number of carboxylic acids is 1. The molecule has 0 radical (unpaired) electrons. The zero-order valence-corrected chi connectivity index (χ0v) is 8.92. The lowest BCUT2D eigenvalue weighted by Gasteiger charge is -2.15. The van der Waals surface area contributed by atoms with Gasteiger partial charge in [0.25, 0.3) is 0 Å². The van der Waals surface area contributed by atoms with Crippen molar-refractivity contribution in [3.63, 3.8) is 0 Å². The Balaban J connectivity index is 3.43. The number of rotatable bonds is 4. The van der Waals surface area contributed by atoms with Gasteiger partial charge in [-0.1, -0.05) is 0 Å². The first kappa shape index (κ1) is 14.0. The molecule has 0 amide bonds. The Labute approximate surface area is 98.0 Å². The molecule has 18 heavy (non-hydrogen) atoms. The van der Waals surface area contributed by atoms with Crippen LogP contribution in [0.4, 0.5) is 17.6 Å². The van der Waals surface area contributed by atoms with E-state index < -0.39 is 41.8 Å². The SMILES string of the molecule is COc1ncc(C(=O)O)c(OC(F)(F)F)c1CF. The van der Waals surface area contributed by atoms with E-state index in [1.807, 2.05) is 0 Å². The molecule has 100 valence electrons. The number of aromatic nitrogens is 1. The summed E-state index contributed by atoms with van der Waals surface area (Å²) in [6.07, 6.45) is -4.55. The molecule has 0 aliphatic rings. The van der Waals surface area contributed by atoms with Crippen molar-refractivity contribution in [3.8, 4) is 11.6 Å². The lowest BCUT2D eigenvalue weighted by atomic mass is 10.1. The maximum Gasteiger partial charge on any atom is 0.573 e. The van der Waals surface area contributed by atoms with E-state index in [1.54, 1.807) is 0 Å². The van der Waals surface area contributed by atoms with Crippen LogP contribution < -0.4 is 9.47 Å². The van der Waals surface area contributed by atoms with Crippen molar-refractivity contribution < 1.29 is 36.9 Å². The molecule has 0 unspecified atom stereocenters. The van der Waals surface area contributed by atoms with Gasteiger partial charge in [0.1, 0.15) is 12.2 Å². The fourth-order valence-corrected chi connectivity index (χ4v) is 1.20. The molecular formula is C9H7F4NO4. The van der Waals surface area contributed by atoms with Crippen molar-refractivity contribution in [3.05, 3.63) is 17.3 Å². The van der Waals surface area contributed by atoms with Gasteiger partial charge in [0.05, 0.1) is 12.7 Å². The van der Waals surface area contributed by atoms with Crippen LogP contribution in [-0.4, -0.2) is 29.5 Å². The van der Waals surface area contributed by atoms with Crippen molar-refractivity contribution in [2.45, 2.75) is 13.0 Å². The summed E-state index contributed by atoms with van der Waals surface area (Å²) in [5, 5.41) is 8.70. The van der Waals surface area contributed by atoms with Crippen molar-refractivity contribution in [2.75, 3.05) is 7.11 Å². The van der Waals surface area contributed by atoms with Gasteiger partial charge < -0.3 is 14.6 Å². The number of pyridine rings is 1. The predicted molar refractivity (Wildman–Crippen MR) is 49.2 cm³/mol. The first-order chi connectivity index (χ1) is 8.30. The molecule has 1 rings (SSSR count). The molecule has 0 bridgehead atoms. The maximum absolute atomic E-state index is 12.7. The third-order valence-electron chi connectivity index (χ3n) is 1.86. The fraction of sp³-hybridized carbons (Fsp3) is 0.333. The van der Waals surface area contributed by atoms with Crippen LogP contribution in [0, 0.1) is 0 Å². The average Bonchev–Trinajstić information content (AvgIpc) is 2.25. The molecule has 5 nitrogen and oxygen atoms in total. The molecule has 0 saturated heterocycles. The Morgan fingerprint density at radius 1 is 1.50 bits per heavy atom. The highest BCUT2D eigenvalue weighted by atomic mass is 19.4. The number of nitrogens with zero attached hydrogens (tertiary/aromatic N) is 1. The molecule has 1 N–H and O–H groups in total. The van der Waals surface area contributed by atoms with Crippen LogP contribution in [0.1, 0.15) is 15.9 Å². The van der Waals surface area contributed by atoms with Crippen LogP contribution in [-0.2, 0) is 6.67 Å². The molecule has 0 spiro atoms. The maximum atomic E-state index is 12.7. The summed E-state index contributed by atoms with van der Waals surface area (Å²) in [7, 11) is 1.05. The number of hydrogen-bond acceptors (Lipinski definition) is 4. The zero-order chi connectivity index (χ0) is 13.9. The predicted octanol–water partition coefficient (Wildman–Crippen LogP) is 2.16. The topological polar surface area (TPSA) is 68.7 Å². The number of halogens is 4. The van der Waals surface area contributed by atoms with Gasteiger partial charge in [-0.15, -0.1) is 13.2 Å². The van der Waals surface area contributed by atoms with E-state index in [9.17, 15) is 22.4 Å². The van der Waals surface area contributed by atoms with Crippen molar-refractivity contribution in [1.82, 2.24) is 4.98 Å². The second-order valence-corrected chi connectivity index (χ2v) is 2.98. The monoisotopic (exact) mass is 269 g/mol. The van der Waals surface area contributed by atoms with Crippen molar-refractivity contribution in [2.24, 2.45) is 0 Å². The lowest BCUT2D eigenvalue weighted by molar-refractivity contribution is -0.275. The van der Waals surface area contributed by atoms with E-state index in [2.05, 4.69) is 14.5 Å². The Bertz CT molecular complexity index is 461. The van der Waals surface area contributed by atoms with Crippen LogP contribution in [0.2, 0.25) is 0 Å². The highest BCUT2D eigenvalue weighted by Crippen LogP contribution is 2.35. The Hall–Kier alpha value is -2.06. The molecule has 0 aliphatic heterocycles. The fourth-order valence-electron chi connectivity index (χ4n) is 1.20. The van der Waals surface area contributed by atoms with Crippen LogP contribution in [0.3, 0.4) is 0 Å². The second kappa shape index (κ2) is 5.07. The third-order valence-corrected chi connectivity index (χ3v) is 1.86. The van der Waals surface area contributed by atoms with Crippen molar-refractivity contribution in [1.29, 1.82) is 0 Å². The Morgan fingerprint density at radius 2 is 2.11 bits per heavy atom. The Morgan fingerprint density at radius 3 is 2.50 bits per heavy atom. The van der Waals surface area contributed by atoms with Gasteiger partial charge in [-0.25, -0.2) is 14.2 Å². The number of carbonyl (C=O) groups is 1. The molecule has 0 aliphatic carbocycles. The van der Waals surface area contributed by atoms with E-state index in [1.165, 1.54) is 0 Å². The first-order valence-corrected chi connectivity index (χ1v) is 4.41. The number of ether oxygens (including phenoxy) is 2. The van der Waals surface area contributed by atoms with E-state index in [-0.39, 0.29) is 0 Å². The minimum Gasteiger partial charge on any atom is -0.481 e. The molecule has 1 aromatic heterocycles. The van der Waals surface area contributed by atoms with Gasteiger partial charge in [0, 0.05) is 6.20 Å². The standard InChI is InChI=1S/C9H7F4NO4/c1-17-7-4(2-10)6(18-9(11,12)13)5(3-14-7)8(15)16/h3H,2H2,1H3,(H,15,16). The minimum atomic E-state index is -5.15. The van der Waals surface area contributed by atoms with Gasteiger partial charge in [-0.2, -0.15) is 0 Å². The van der Waals surface area contributed by atoms with Gasteiger partial charge in [-0.3, -0.25) is 0 Å². The van der Waals surface area contributed by atoms with E-state index in [0.717, 1.165) is 7.11 Å². The third kappa shape index (κ3) is 2.99. The summed E-state index contributed by atoms with van der Waals surface area (Å²) in [4.78, 5) is 14.1. The van der Waals surface area contributed by atoms with Crippen LogP contribution in [0.25, 0.3) is 0 Å². The smallest absolute Gasteiger partial charge is 0.481 e. The summed E-state index contributed by atoms with van der Waals surface area (Å²) in [5.41, 5.74) is -1.62. The molecule has 9 heteroatoms. The highest BCUT2D eigenvalue weighted by Gasteiger charge is 2.35. The van der Waals surface area contributed by atoms with E-state index in [0.29, 0.717) is 6.20 Å². The van der Waals surface area contributed by atoms with E-state index >= 15 is 0 Å². The number of carboxylic acid groups (broad SMARTS) is 1. The molecule has 1 heterocycles. The van der Waals surface area contributed by atoms with Crippen LogP contribution in [0.15, 0.2) is 6.20 Å². The largest absolute Gasteiger partial charge is 0.573 e. The molecule has 0 atom stereocenters. The van der Waals surface area contributed by atoms with Crippen LogP contribution >= 0.6 is 0 Å². The molecule has 0 aromatic carbocycles. The summed E-state index contributed by atoms with van der Waals surface area (Å²) in [6, 6.07) is 0. The molecule has 0 fully saturated rings. The molecular weight excluding hydrogens is 262 g/mol. The normalized spacial score (nSPS) is 11.2. The molecule has 0 saturated carbocycles. The van der Waals surface area contributed by atoms with Gasteiger partial charge in [0.2, 0.25) is 5.88 Å². The number of methoxy groups -OCH3 is 1. The van der Waals surface area contributed by atoms with Crippen molar-refractivity contribution >= 4 is 5.97 Å². The number of hydrogen-bond donors (Lipinski definition) is 1. The van der Waals surface area contributed by atoms with Gasteiger partial charge >= 0.3 is 12.3 Å². The summed E-state index contributed by atoms with van der Waals surface area (Å²) in [6.45, 7) is -1.41. The first-order valence-electron chi connectivity index (χ1n) is 4.41. The summed E-state index contributed by atoms with van der Waals surface area (Å²) >= 11 is 0. The lowest BCUT2D eigenvalue weighted by Crippen LogP contribution is -2.20. The van der Waals surface area contributed by atoms with Gasteiger partial charge in [-0.05, 0) is 0 Å². The zero-order valence-electron chi connectivity index (χ0n) is 8.92. The average molecular weight is 269 g/mol. The summed E-state index contributed by atoms with van der Waals surface area (Å²) < 4.78 is 57.2.